The maximum atomic E-state index is 12.7. The van der Waals surface area contributed by atoms with Crippen LogP contribution in [0.5, 0.6) is 0 Å². The van der Waals surface area contributed by atoms with E-state index in [1.165, 1.54) is 36.4 Å². The molecule has 190 valence electrons. The number of aromatic nitrogens is 1. The van der Waals surface area contributed by atoms with Crippen molar-refractivity contribution >= 4 is 27.8 Å². The highest BCUT2D eigenvalue weighted by atomic mass is 32.2. The average Bonchev–Trinajstić information content (AvgIpc) is 2.86. The van der Waals surface area contributed by atoms with Crippen LogP contribution in [0.4, 0.5) is 0 Å². The Morgan fingerprint density at radius 1 is 0.943 bits per heavy atom. The Bertz CT molecular complexity index is 1110. The zero-order valence-electron chi connectivity index (χ0n) is 20.4. The summed E-state index contributed by atoms with van der Waals surface area (Å²) in [5.41, 5.74) is 0.149. The summed E-state index contributed by atoms with van der Waals surface area (Å²) < 4.78 is 32.7. The third-order valence-corrected chi connectivity index (χ3v) is 6.70. The van der Waals surface area contributed by atoms with Gasteiger partial charge in [-0.25, -0.2) is 22.9 Å². The highest BCUT2D eigenvalue weighted by molar-refractivity contribution is 7.90. The Morgan fingerprint density at radius 3 is 2.31 bits per heavy atom. The Kier molecular flexibility index (Phi) is 10.8. The van der Waals surface area contributed by atoms with Crippen LogP contribution < -0.4 is 10.0 Å². The van der Waals surface area contributed by atoms with Crippen molar-refractivity contribution < 1.29 is 27.5 Å². The predicted molar refractivity (Wildman–Crippen MR) is 132 cm³/mol. The van der Waals surface area contributed by atoms with Gasteiger partial charge in [-0.15, -0.1) is 0 Å². The first kappa shape index (κ1) is 28.0. The van der Waals surface area contributed by atoms with E-state index in [-0.39, 0.29) is 33.7 Å². The molecule has 0 saturated carbocycles. The molecular formula is C25H33N3O6S. The van der Waals surface area contributed by atoms with E-state index in [1.807, 2.05) is 18.6 Å². The van der Waals surface area contributed by atoms with Gasteiger partial charge in [-0.3, -0.25) is 9.59 Å². The van der Waals surface area contributed by atoms with Crippen molar-refractivity contribution in [1.82, 2.24) is 15.0 Å². The molecule has 2 rings (SSSR count). The second-order valence-electron chi connectivity index (χ2n) is 8.05. The van der Waals surface area contributed by atoms with Crippen LogP contribution in [0.3, 0.4) is 0 Å². The number of hydrogen-bond acceptors (Lipinski definition) is 7. The number of nitrogens with one attached hydrogen (secondary N) is 2. The van der Waals surface area contributed by atoms with E-state index in [2.05, 4.69) is 17.2 Å². The quantitative estimate of drug-likeness (QED) is 0.313. The molecule has 1 aromatic heterocycles. The third-order valence-electron chi connectivity index (χ3n) is 5.37. The molecule has 0 aliphatic rings. The Balaban J connectivity index is 2.03. The van der Waals surface area contributed by atoms with Crippen LogP contribution in [0.2, 0.25) is 0 Å². The predicted octanol–water partition coefficient (Wildman–Crippen LogP) is 3.86. The number of rotatable bonds is 13. The molecule has 0 unspecified atom stereocenters. The van der Waals surface area contributed by atoms with Crippen LogP contribution >= 0.6 is 0 Å². The lowest BCUT2D eigenvalue weighted by Gasteiger charge is -2.13. The fourth-order valence-electron chi connectivity index (χ4n) is 3.22. The fraction of sp³-hybridized carbons (Fsp3) is 0.440. The zero-order chi connectivity index (χ0) is 25.8. The first-order valence-electron chi connectivity index (χ1n) is 11.8. The lowest BCUT2D eigenvalue weighted by atomic mass is 10.2. The Labute approximate surface area is 206 Å². The zero-order valence-corrected chi connectivity index (χ0v) is 21.2. The van der Waals surface area contributed by atoms with E-state index >= 15 is 0 Å². The van der Waals surface area contributed by atoms with Crippen molar-refractivity contribution in [2.45, 2.75) is 70.3 Å². The molecule has 2 aromatic rings. The van der Waals surface area contributed by atoms with Crippen molar-refractivity contribution in [3.8, 4) is 0 Å². The molecular weight excluding hydrogens is 470 g/mol. The first-order chi connectivity index (χ1) is 16.7. The minimum atomic E-state index is -4.24. The number of amides is 2. The summed E-state index contributed by atoms with van der Waals surface area (Å²) in [6.07, 6.45) is 6.24. The topological polar surface area (TPSA) is 132 Å². The highest BCUT2D eigenvalue weighted by Crippen LogP contribution is 2.13. The number of pyridine rings is 1. The molecule has 0 aliphatic carbocycles. The molecule has 10 heteroatoms. The molecule has 35 heavy (non-hydrogen) atoms. The lowest BCUT2D eigenvalue weighted by Crippen LogP contribution is -2.31. The molecule has 2 N–H and O–H groups in total. The maximum Gasteiger partial charge on any atom is 0.357 e. The molecule has 0 spiro atoms. The maximum absolute atomic E-state index is 12.7. The van der Waals surface area contributed by atoms with Crippen LogP contribution in [-0.2, 0) is 14.8 Å². The molecule has 1 aromatic carbocycles. The van der Waals surface area contributed by atoms with Crippen LogP contribution in [0.1, 0.15) is 90.5 Å². The number of carbonyl (C=O) groups is 3. The van der Waals surface area contributed by atoms with Gasteiger partial charge in [0.15, 0.2) is 0 Å². The summed E-state index contributed by atoms with van der Waals surface area (Å²) in [7, 11) is -4.24. The molecule has 0 saturated heterocycles. The number of sulfonamides is 1. The van der Waals surface area contributed by atoms with Crippen LogP contribution in [0.25, 0.3) is 0 Å². The molecule has 0 radical (unpaired) electrons. The second-order valence-corrected chi connectivity index (χ2v) is 9.74. The number of ether oxygens (including phenoxy) is 1. The fourth-order valence-corrected chi connectivity index (χ4v) is 4.24. The summed E-state index contributed by atoms with van der Waals surface area (Å²) in [5.74, 6) is -1.91. The van der Waals surface area contributed by atoms with Crippen molar-refractivity contribution in [2.24, 2.45) is 0 Å². The monoisotopic (exact) mass is 503 g/mol. The standard InChI is InChI=1S/C25H33N3O6S/c1-4-7-8-9-15-26-23(29)18-11-10-12-21(16-18)35(32,33)28-24(30)19-13-14-22(27-17-19)25(31)34-20(5-2)6-3/h10-14,16-17,20H,4-9,15H2,1-3H3,(H,26,29)(H,28,30). The SMILES string of the molecule is CCCCCCNC(=O)c1cccc(S(=O)(=O)NC(=O)c2ccc(C(=O)OC(CC)CC)nc2)c1. The van der Waals surface area contributed by atoms with Crippen LogP contribution in [0.15, 0.2) is 47.5 Å². The number of esters is 1. The summed E-state index contributed by atoms with van der Waals surface area (Å²) in [6.45, 7) is 6.40. The minimum Gasteiger partial charge on any atom is -0.458 e. The van der Waals surface area contributed by atoms with E-state index in [0.717, 1.165) is 31.9 Å². The average molecular weight is 504 g/mol. The lowest BCUT2D eigenvalue weighted by molar-refractivity contribution is 0.0277. The van der Waals surface area contributed by atoms with Crippen molar-refractivity contribution in [3.05, 3.63) is 59.4 Å². The van der Waals surface area contributed by atoms with Gasteiger partial charge in [0.1, 0.15) is 11.8 Å². The Hall–Kier alpha value is -3.27. The van der Waals surface area contributed by atoms with E-state index in [9.17, 15) is 22.8 Å². The number of carbonyl (C=O) groups excluding carboxylic acids is 3. The smallest absolute Gasteiger partial charge is 0.357 e. The van der Waals surface area contributed by atoms with Gasteiger partial charge in [0.25, 0.3) is 21.8 Å². The van der Waals surface area contributed by atoms with Gasteiger partial charge >= 0.3 is 5.97 Å². The molecule has 1 heterocycles. The van der Waals surface area contributed by atoms with E-state index < -0.39 is 21.9 Å². The molecule has 0 atom stereocenters. The van der Waals surface area contributed by atoms with E-state index in [1.54, 1.807) is 0 Å². The Morgan fingerprint density at radius 2 is 1.69 bits per heavy atom. The van der Waals surface area contributed by atoms with E-state index in [4.69, 9.17) is 4.74 Å². The first-order valence-corrected chi connectivity index (χ1v) is 13.3. The van der Waals surface area contributed by atoms with Gasteiger partial charge in [0.05, 0.1) is 10.5 Å². The minimum absolute atomic E-state index is 0.0183. The number of benzene rings is 1. The van der Waals surface area contributed by atoms with Crippen LogP contribution in [0, 0.1) is 0 Å². The van der Waals surface area contributed by atoms with Crippen molar-refractivity contribution in [3.63, 3.8) is 0 Å². The summed E-state index contributed by atoms with van der Waals surface area (Å²) in [6, 6.07) is 8.05. The van der Waals surface area contributed by atoms with E-state index in [0.29, 0.717) is 19.4 Å². The van der Waals surface area contributed by atoms with Gasteiger partial charge < -0.3 is 10.1 Å². The van der Waals surface area contributed by atoms with Gasteiger partial charge in [-0.2, -0.15) is 0 Å². The molecule has 0 fully saturated rings. The molecule has 2 amide bonds. The van der Waals surface area contributed by atoms with Crippen molar-refractivity contribution in [2.75, 3.05) is 6.54 Å². The largest absolute Gasteiger partial charge is 0.458 e. The second kappa shape index (κ2) is 13.6. The van der Waals surface area contributed by atoms with Crippen molar-refractivity contribution in [1.29, 1.82) is 0 Å². The number of unbranched alkanes of at least 4 members (excludes halogenated alkanes) is 3. The van der Waals surface area contributed by atoms with Gasteiger partial charge in [-0.05, 0) is 49.6 Å². The number of nitrogens with zero attached hydrogens (tertiary/aromatic N) is 1. The van der Waals surface area contributed by atoms with Gasteiger partial charge in [-0.1, -0.05) is 46.1 Å². The number of hydrogen-bond donors (Lipinski definition) is 2. The molecule has 9 nitrogen and oxygen atoms in total. The van der Waals surface area contributed by atoms with Gasteiger partial charge in [0.2, 0.25) is 0 Å². The summed E-state index contributed by atoms with van der Waals surface area (Å²) >= 11 is 0. The summed E-state index contributed by atoms with van der Waals surface area (Å²) in [4.78, 5) is 40.7. The normalized spacial score (nSPS) is 11.2. The third kappa shape index (κ3) is 8.47. The highest BCUT2D eigenvalue weighted by Gasteiger charge is 2.21. The summed E-state index contributed by atoms with van der Waals surface area (Å²) in [5, 5.41) is 2.77. The molecule has 0 aliphatic heterocycles. The van der Waals surface area contributed by atoms with Gasteiger partial charge in [0, 0.05) is 18.3 Å². The van der Waals surface area contributed by atoms with Crippen LogP contribution in [-0.4, -0.2) is 43.8 Å². The molecule has 0 bridgehead atoms.